The van der Waals surface area contributed by atoms with E-state index in [0.717, 1.165) is 24.2 Å². The fourth-order valence-corrected chi connectivity index (χ4v) is 2.39. The molecule has 0 radical (unpaired) electrons. The Hall–Kier alpha value is -1.39. The minimum atomic E-state index is -0.281. The van der Waals surface area contributed by atoms with Gasteiger partial charge in [-0.25, -0.2) is 4.39 Å². The van der Waals surface area contributed by atoms with Crippen LogP contribution in [0.4, 0.5) is 4.39 Å². The van der Waals surface area contributed by atoms with E-state index in [9.17, 15) is 9.50 Å². The van der Waals surface area contributed by atoms with E-state index in [1.165, 1.54) is 17.7 Å². The second-order valence-electron chi connectivity index (χ2n) is 5.06. The Morgan fingerprint density at radius 2 is 1.90 bits per heavy atom. The number of benzene rings is 2. The zero-order valence-electron chi connectivity index (χ0n) is 11.9. The molecular weight excluding hydrogens is 335 g/mol. The van der Waals surface area contributed by atoms with Crippen molar-refractivity contribution in [1.82, 2.24) is 0 Å². The van der Waals surface area contributed by atoms with Crippen molar-refractivity contribution >= 4 is 15.9 Å². The van der Waals surface area contributed by atoms with Crippen molar-refractivity contribution in [3.8, 4) is 5.75 Å². The number of aryl methyl sites for hydroxylation is 1. The lowest BCUT2D eigenvalue weighted by atomic mass is 10.1. The highest BCUT2D eigenvalue weighted by Crippen LogP contribution is 2.21. The summed E-state index contributed by atoms with van der Waals surface area (Å²) in [6, 6.07) is 12.4. The van der Waals surface area contributed by atoms with E-state index in [1.807, 2.05) is 24.3 Å². The maximum atomic E-state index is 13.0. The molecule has 0 aliphatic rings. The number of ether oxygens (including phenoxy) is 1. The second-order valence-corrected chi connectivity index (χ2v) is 5.91. The average Bonchev–Trinajstić information content (AvgIpc) is 2.45. The van der Waals surface area contributed by atoms with Crippen LogP contribution in [0.5, 0.6) is 5.75 Å². The lowest BCUT2D eigenvalue weighted by Crippen LogP contribution is -2.01. The van der Waals surface area contributed by atoms with Gasteiger partial charge in [-0.1, -0.05) is 34.1 Å². The van der Waals surface area contributed by atoms with Crippen LogP contribution in [0.3, 0.4) is 0 Å². The largest absolute Gasteiger partial charge is 0.489 e. The molecular formula is C17H18BrFO2. The van der Waals surface area contributed by atoms with Crippen molar-refractivity contribution in [3.05, 3.63) is 63.9 Å². The van der Waals surface area contributed by atoms with Crippen LogP contribution in [0.2, 0.25) is 0 Å². The van der Waals surface area contributed by atoms with Crippen LogP contribution in [0.1, 0.15) is 24.5 Å². The number of hydrogen-bond acceptors (Lipinski definition) is 2. The third-order valence-electron chi connectivity index (χ3n) is 3.18. The van der Waals surface area contributed by atoms with E-state index in [-0.39, 0.29) is 11.9 Å². The van der Waals surface area contributed by atoms with Gasteiger partial charge in [0.15, 0.2) is 0 Å². The molecule has 21 heavy (non-hydrogen) atoms. The van der Waals surface area contributed by atoms with Crippen LogP contribution in [0.25, 0.3) is 0 Å². The third kappa shape index (κ3) is 5.14. The minimum Gasteiger partial charge on any atom is -0.489 e. The van der Waals surface area contributed by atoms with Gasteiger partial charge in [0.1, 0.15) is 18.2 Å². The number of halogens is 2. The first-order chi connectivity index (χ1) is 10.0. The van der Waals surface area contributed by atoms with Crippen molar-refractivity contribution in [3.63, 3.8) is 0 Å². The van der Waals surface area contributed by atoms with E-state index in [2.05, 4.69) is 15.9 Å². The molecule has 0 aliphatic carbocycles. The Morgan fingerprint density at radius 1 is 1.19 bits per heavy atom. The van der Waals surface area contributed by atoms with Crippen LogP contribution < -0.4 is 4.74 Å². The van der Waals surface area contributed by atoms with Gasteiger partial charge in [0, 0.05) is 10.0 Å². The maximum absolute atomic E-state index is 13.0. The van der Waals surface area contributed by atoms with Gasteiger partial charge >= 0.3 is 0 Å². The first-order valence-corrected chi connectivity index (χ1v) is 7.67. The molecule has 0 amide bonds. The van der Waals surface area contributed by atoms with Crippen molar-refractivity contribution in [2.45, 2.75) is 32.5 Å². The molecule has 1 atom stereocenters. The zero-order valence-corrected chi connectivity index (χ0v) is 13.4. The van der Waals surface area contributed by atoms with Crippen molar-refractivity contribution in [2.24, 2.45) is 0 Å². The molecule has 0 spiro atoms. The van der Waals surface area contributed by atoms with Gasteiger partial charge in [0.25, 0.3) is 0 Å². The Labute approximate surface area is 132 Å². The molecule has 2 nitrogen and oxygen atoms in total. The normalized spacial score (nSPS) is 12.2. The predicted octanol–water partition coefficient (Wildman–Crippen LogP) is 4.48. The molecule has 2 aromatic rings. The monoisotopic (exact) mass is 352 g/mol. The summed E-state index contributed by atoms with van der Waals surface area (Å²) >= 11 is 3.32. The van der Waals surface area contributed by atoms with Crippen LogP contribution >= 0.6 is 15.9 Å². The average molecular weight is 353 g/mol. The van der Waals surface area contributed by atoms with Gasteiger partial charge in [0.05, 0.1) is 6.10 Å². The van der Waals surface area contributed by atoms with Crippen LogP contribution in [-0.4, -0.2) is 11.2 Å². The lowest BCUT2D eigenvalue weighted by molar-refractivity contribution is 0.185. The Kier molecular flexibility index (Phi) is 5.76. The third-order valence-corrected chi connectivity index (χ3v) is 3.92. The highest BCUT2D eigenvalue weighted by Gasteiger charge is 2.03. The van der Waals surface area contributed by atoms with Crippen LogP contribution in [0, 0.1) is 5.82 Å². The van der Waals surface area contributed by atoms with Gasteiger partial charge in [-0.2, -0.15) is 0 Å². The smallest absolute Gasteiger partial charge is 0.124 e. The first-order valence-electron chi connectivity index (χ1n) is 6.88. The zero-order chi connectivity index (χ0) is 15.2. The maximum Gasteiger partial charge on any atom is 0.124 e. The van der Waals surface area contributed by atoms with E-state index < -0.39 is 0 Å². The van der Waals surface area contributed by atoms with Crippen LogP contribution in [0.15, 0.2) is 46.9 Å². The molecule has 0 aromatic heterocycles. The highest BCUT2D eigenvalue weighted by atomic mass is 79.9. The minimum absolute atomic E-state index is 0.270. The van der Waals surface area contributed by atoms with Crippen molar-refractivity contribution in [2.75, 3.05) is 0 Å². The summed E-state index contributed by atoms with van der Waals surface area (Å²) in [5.74, 6) is 0.500. The van der Waals surface area contributed by atoms with Gasteiger partial charge in [-0.05, 0) is 49.6 Å². The molecule has 0 saturated carbocycles. The first kappa shape index (κ1) is 16.0. The summed E-state index contributed by atoms with van der Waals surface area (Å²) in [5.41, 5.74) is 2.07. The van der Waals surface area contributed by atoms with E-state index in [0.29, 0.717) is 11.1 Å². The summed E-state index contributed by atoms with van der Waals surface area (Å²) in [6.45, 7) is 2.17. The second kappa shape index (κ2) is 7.57. The summed E-state index contributed by atoms with van der Waals surface area (Å²) in [6.07, 6.45) is 1.32. The van der Waals surface area contributed by atoms with E-state index in [4.69, 9.17) is 4.74 Å². The lowest BCUT2D eigenvalue weighted by Gasteiger charge is -2.09. The molecule has 1 N–H and O–H groups in total. The molecule has 1 unspecified atom stereocenters. The van der Waals surface area contributed by atoms with E-state index in [1.54, 1.807) is 13.0 Å². The number of hydrogen-bond donors (Lipinski definition) is 1. The molecule has 0 bridgehead atoms. The fourth-order valence-electron chi connectivity index (χ4n) is 1.93. The number of aliphatic hydroxyl groups excluding tert-OH is 1. The van der Waals surface area contributed by atoms with Gasteiger partial charge in [0.2, 0.25) is 0 Å². The predicted molar refractivity (Wildman–Crippen MR) is 84.9 cm³/mol. The Morgan fingerprint density at radius 3 is 2.52 bits per heavy atom. The van der Waals surface area contributed by atoms with Gasteiger partial charge in [-0.15, -0.1) is 0 Å². The molecule has 2 rings (SSSR count). The molecule has 0 fully saturated rings. The molecule has 4 heteroatoms. The SMILES string of the molecule is CC(O)CCc1ccc(OCc2ccc(F)cc2Br)cc1. The van der Waals surface area contributed by atoms with Crippen molar-refractivity contribution < 1.29 is 14.2 Å². The summed E-state index contributed by atoms with van der Waals surface area (Å²) < 4.78 is 19.4. The Bertz CT molecular complexity index is 582. The Balaban J connectivity index is 1.91. The molecule has 0 saturated heterocycles. The van der Waals surface area contributed by atoms with Crippen molar-refractivity contribution in [1.29, 1.82) is 0 Å². The van der Waals surface area contributed by atoms with Crippen LogP contribution in [-0.2, 0) is 13.0 Å². The van der Waals surface area contributed by atoms with Gasteiger partial charge in [-0.3, -0.25) is 0 Å². The van der Waals surface area contributed by atoms with E-state index >= 15 is 0 Å². The molecule has 0 heterocycles. The topological polar surface area (TPSA) is 29.5 Å². The molecule has 0 aliphatic heterocycles. The van der Waals surface area contributed by atoms with Gasteiger partial charge < -0.3 is 9.84 Å². The number of rotatable bonds is 6. The quantitative estimate of drug-likeness (QED) is 0.830. The standard InChI is InChI=1S/C17H18BrFO2/c1-12(20)2-3-13-4-8-16(9-5-13)21-11-14-6-7-15(19)10-17(14)18/h4-10,12,20H,2-3,11H2,1H3. The summed E-state index contributed by atoms with van der Waals surface area (Å²) in [5, 5.41) is 9.27. The fraction of sp³-hybridized carbons (Fsp3) is 0.294. The summed E-state index contributed by atoms with van der Waals surface area (Å²) in [4.78, 5) is 0. The highest BCUT2D eigenvalue weighted by molar-refractivity contribution is 9.10. The molecule has 2 aromatic carbocycles. The molecule has 112 valence electrons. The number of aliphatic hydroxyl groups is 1. The summed E-state index contributed by atoms with van der Waals surface area (Å²) in [7, 11) is 0.